The number of halogens is 1. The van der Waals surface area contributed by atoms with E-state index in [4.69, 9.17) is 4.74 Å². The highest BCUT2D eigenvalue weighted by Crippen LogP contribution is 2.39. The monoisotopic (exact) mass is 292 g/mol. The zero-order chi connectivity index (χ0) is 14.1. The van der Waals surface area contributed by atoms with Crippen molar-refractivity contribution in [2.24, 2.45) is 0 Å². The molecule has 0 radical (unpaired) electrons. The van der Waals surface area contributed by atoms with Crippen LogP contribution in [0.3, 0.4) is 0 Å². The molecule has 1 unspecified atom stereocenters. The lowest BCUT2D eigenvalue weighted by Gasteiger charge is -2.07. The smallest absolute Gasteiger partial charge is 0.315 e. The quantitative estimate of drug-likeness (QED) is 0.816. The number of hydrogen-bond donors (Lipinski definition) is 0. The maximum atomic E-state index is 12.9. The number of esters is 1. The number of thiazole rings is 1. The van der Waals surface area contributed by atoms with Gasteiger partial charge in [-0.1, -0.05) is 0 Å². The van der Waals surface area contributed by atoms with Gasteiger partial charge >= 0.3 is 5.97 Å². The van der Waals surface area contributed by atoms with Crippen LogP contribution in [0.25, 0.3) is 10.7 Å². The first-order valence-electron chi connectivity index (χ1n) is 6.47. The summed E-state index contributed by atoms with van der Waals surface area (Å²) in [6, 6.07) is 2.96. The number of nitrogens with zero attached hydrogens (tertiary/aromatic N) is 2. The number of hydrogen-bond acceptors (Lipinski definition) is 5. The minimum atomic E-state index is -0.373. The second-order valence-corrected chi connectivity index (χ2v) is 5.62. The molecule has 0 fully saturated rings. The van der Waals surface area contributed by atoms with Crippen molar-refractivity contribution < 1.29 is 13.9 Å². The Balaban J connectivity index is 1.90. The molecule has 0 saturated heterocycles. The molecule has 2 aromatic heterocycles. The van der Waals surface area contributed by atoms with E-state index < -0.39 is 0 Å². The lowest BCUT2D eigenvalue weighted by molar-refractivity contribution is -0.145. The lowest BCUT2D eigenvalue weighted by Crippen LogP contribution is -2.14. The molecule has 0 aliphatic heterocycles. The summed E-state index contributed by atoms with van der Waals surface area (Å²) in [5, 5.41) is 0.726. The topological polar surface area (TPSA) is 52.1 Å². The Kier molecular flexibility index (Phi) is 3.48. The Morgan fingerprint density at radius 2 is 2.40 bits per heavy atom. The molecule has 0 aromatic carbocycles. The highest BCUT2D eigenvalue weighted by Gasteiger charge is 2.33. The van der Waals surface area contributed by atoms with Crippen molar-refractivity contribution >= 4 is 17.3 Å². The first-order chi connectivity index (χ1) is 9.69. The summed E-state index contributed by atoms with van der Waals surface area (Å²) < 4.78 is 18.0. The Bertz CT molecular complexity index is 639. The highest BCUT2D eigenvalue weighted by molar-refractivity contribution is 7.15. The summed E-state index contributed by atoms with van der Waals surface area (Å²) in [6.45, 7) is 2.17. The van der Waals surface area contributed by atoms with E-state index in [1.165, 1.54) is 23.6 Å². The average molecular weight is 292 g/mol. The Morgan fingerprint density at radius 1 is 1.55 bits per heavy atom. The number of aromatic nitrogens is 2. The first-order valence-corrected chi connectivity index (χ1v) is 7.29. The van der Waals surface area contributed by atoms with Crippen LogP contribution < -0.4 is 0 Å². The van der Waals surface area contributed by atoms with Crippen LogP contribution in [-0.2, 0) is 16.0 Å². The van der Waals surface area contributed by atoms with Crippen LogP contribution in [0.2, 0.25) is 0 Å². The van der Waals surface area contributed by atoms with Crippen molar-refractivity contribution in [2.45, 2.75) is 25.7 Å². The van der Waals surface area contributed by atoms with Crippen LogP contribution >= 0.6 is 11.3 Å². The van der Waals surface area contributed by atoms with Gasteiger partial charge in [0.25, 0.3) is 0 Å². The van der Waals surface area contributed by atoms with E-state index in [9.17, 15) is 9.18 Å². The van der Waals surface area contributed by atoms with Gasteiger partial charge < -0.3 is 4.74 Å². The van der Waals surface area contributed by atoms with Gasteiger partial charge in [0.05, 0.1) is 24.2 Å². The van der Waals surface area contributed by atoms with Gasteiger partial charge in [-0.25, -0.2) is 9.37 Å². The summed E-state index contributed by atoms with van der Waals surface area (Å²) in [5.74, 6) is -0.854. The minimum Gasteiger partial charge on any atom is -0.465 e. The molecule has 3 rings (SSSR count). The van der Waals surface area contributed by atoms with E-state index >= 15 is 0 Å². The van der Waals surface area contributed by atoms with Gasteiger partial charge in [-0.3, -0.25) is 9.78 Å². The highest BCUT2D eigenvalue weighted by atomic mass is 32.1. The van der Waals surface area contributed by atoms with E-state index in [2.05, 4.69) is 9.97 Å². The molecule has 1 atom stereocenters. The molecular weight excluding hydrogens is 279 g/mol. The number of carbonyl (C=O) groups excluding carboxylic acids is 1. The number of fused-ring (bicyclic) bond motifs is 1. The SMILES string of the molecule is CCOC(=O)C1CCc2sc(-c3ccc(F)cn3)nc21. The van der Waals surface area contributed by atoms with Crippen molar-refractivity contribution in [1.29, 1.82) is 0 Å². The van der Waals surface area contributed by atoms with Gasteiger partial charge in [-0.15, -0.1) is 11.3 Å². The molecule has 4 nitrogen and oxygen atoms in total. The Morgan fingerprint density at radius 3 is 3.10 bits per heavy atom. The fourth-order valence-electron chi connectivity index (χ4n) is 2.31. The predicted octanol–water partition coefficient (Wildman–Crippen LogP) is 2.94. The molecule has 0 saturated carbocycles. The van der Waals surface area contributed by atoms with Crippen LogP contribution in [0, 0.1) is 5.82 Å². The Hall–Kier alpha value is -1.82. The van der Waals surface area contributed by atoms with Crippen LogP contribution in [0.5, 0.6) is 0 Å². The van der Waals surface area contributed by atoms with Crippen molar-refractivity contribution in [3.8, 4) is 10.7 Å². The molecule has 104 valence electrons. The third kappa shape index (κ3) is 2.31. The number of pyridine rings is 1. The molecular formula is C14H13FN2O2S. The zero-order valence-electron chi connectivity index (χ0n) is 10.9. The second-order valence-electron chi connectivity index (χ2n) is 4.53. The summed E-state index contributed by atoms with van der Waals surface area (Å²) in [6.07, 6.45) is 2.76. The largest absolute Gasteiger partial charge is 0.465 e. The fraction of sp³-hybridized carbons (Fsp3) is 0.357. The third-order valence-electron chi connectivity index (χ3n) is 3.24. The van der Waals surface area contributed by atoms with Gasteiger partial charge in [-0.2, -0.15) is 0 Å². The van der Waals surface area contributed by atoms with E-state index in [1.54, 1.807) is 13.0 Å². The van der Waals surface area contributed by atoms with Crippen LogP contribution in [0.15, 0.2) is 18.3 Å². The van der Waals surface area contributed by atoms with E-state index in [0.29, 0.717) is 12.3 Å². The van der Waals surface area contributed by atoms with E-state index in [1.807, 2.05) is 0 Å². The minimum absolute atomic E-state index is 0.213. The van der Waals surface area contributed by atoms with E-state index in [-0.39, 0.29) is 17.7 Å². The van der Waals surface area contributed by atoms with Crippen LogP contribution in [0.4, 0.5) is 4.39 Å². The molecule has 0 amide bonds. The average Bonchev–Trinajstić information content (AvgIpc) is 2.99. The third-order valence-corrected chi connectivity index (χ3v) is 4.39. The van der Waals surface area contributed by atoms with Crippen LogP contribution in [-0.4, -0.2) is 22.5 Å². The molecule has 0 spiro atoms. The molecule has 0 N–H and O–H groups in total. The van der Waals surface area contributed by atoms with Crippen LogP contribution in [0.1, 0.15) is 29.8 Å². The summed E-state index contributed by atoms with van der Waals surface area (Å²) in [4.78, 5) is 21.5. The number of aryl methyl sites for hydroxylation is 1. The maximum Gasteiger partial charge on any atom is 0.315 e. The molecule has 1 aliphatic rings. The normalized spacial score (nSPS) is 17.0. The lowest BCUT2D eigenvalue weighted by atomic mass is 10.1. The number of ether oxygens (including phenoxy) is 1. The van der Waals surface area contributed by atoms with Gasteiger partial charge in [0, 0.05) is 4.88 Å². The summed E-state index contributed by atoms with van der Waals surface area (Å²) in [5.41, 5.74) is 1.43. The number of carbonyl (C=O) groups is 1. The number of rotatable bonds is 3. The Labute approximate surface area is 119 Å². The van der Waals surface area contributed by atoms with Crippen molar-refractivity contribution in [1.82, 2.24) is 9.97 Å². The standard InChI is InChI=1S/C14H13FN2O2S/c1-2-19-14(18)9-4-6-11-12(9)17-13(20-11)10-5-3-8(15)7-16-10/h3,5,7,9H,2,4,6H2,1H3. The maximum absolute atomic E-state index is 12.9. The summed E-state index contributed by atoms with van der Waals surface area (Å²) >= 11 is 1.52. The molecule has 0 bridgehead atoms. The van der Waals surface area contributed by atoms with Crippen molar-refractivity contribution in [3.63, 3.8) is 0 Å². The van der Waals surface area contributed by atoms with Crippen molar-refractivity contribution in [3.05, 3.63) is 34.7 Å². The molecule has 1 aliphatic carbocycles. The first kappa shape index (κ1) is 13.2. The predicted molar refractivity (Wildman–Crippen MR) is 73.0 cm³/mol. The van der Waals surface area contributed by atoms with Gasteiger partial charge in [0.1, 0.15) is 16.7 Å². The molecule has 2 heterocycles. The van der Waals surface area contributed by atoms with Gasteiger partial charge in [0.15, 0.2) is 0 Å². The summed E-state index contributed by atoms with van der Waals surface area (Å²) in [7, 11) is 0. The zero-order valence-corrected chi connectivity index (χ0v) is 11.7. The second kappa shape index (κ2) is 5.28. The van der Waals surface area contributed by atoms with E-state index in [0.717, 1.165) is 28.4 Å². The van der Waals surface area contributed by atoms with Gasteiger partial charge in [0.2, 0.25) is 0 Å². The van der Waals surface area contributed by atoms with Gasteiger partial charge in [-0.05, 0) is 31.9 Å². The van der Waals surface area contributed by atoms with Crippen molar-refractivity contribution in [2.75, 3.05) is 6.61 Å². The molecule has 20 heavy (non-hydrogen) atoms. The fourth-order valence-corrected chi connectivity index (χ4v) is 3.43. The molecule has 6 heteroatoms. The molecule has 2 aromatic rings.